The molecule has 98 valence electrons. The third-order valence-corrected chi connectivity index (χ3v) is 4.58. The van der Waals surface area contributed by atoms with Gasteiger partial charge in [-0.3, -0.25) is 0 Å². The lowest BCUT2D eigenvalue weighted by molar-refractivity contribution is -0.0735. The second-order valence-electron chi connectivity index (χ2n) is 6.27. The van der Waals surface area contributed by atoms with Crippen LogP contribution in [-0.4, -0.2) is 34.8 Å². The fourth-order valence-electron chi connectivity index (χ4n) is 2.60. The van der Waals surface area contributed by atoms with Gasteiger partial charge in [0.15, 0.2) is 0 Å². The molecule has 0 heterocycles. The number of nitrogens with one attached hydrogen (secondary N) is 1. The Bertz CT molecular complexity index is 324. The number of nitrogens with zero attached hydrogens (tertiary/aromatic N) is 1. The number of aliphatic hydroxyl groups excluding tert-OH is 1. The quantitative estimate of drug-likeness (QED) is 0.246. The number of nitrogens with two attached hydrogens (primary N) is 1. The number of rotatable bonds is 5. The molecule has 0 aromatic heterocycles. The minimum atomic E-state index is -0.195. The lowest BCUT2D eigenvalue weighted by Gasteiger charge is -2.50. The van der Waals surface area contributed by atoms with Gasteiger partial charge in [0.1, 0.15) is 5.84 Å². The number of oxime groups is 1. The van der Waals surface area contributed by atoms with E-state index in [0.29, 0.717) is 18.3 Å². The van der Waals surface area contributed by atoms with Crippen LogP contribution in [0.5, 0.6) is 0 Å². The van der Waals surface area contributed by atoms with E-state index >= 15 is 0 Å². The zero-order valence-corrected chi connectivity index (χ0v) is 10.6. The van der Waals surface area contributed by atoms with Crippen molar-refractivity contribution in [3.8, 4) is 0 Å². The van der Waals surface area contributed by atoms with Crippen molar-refractivity contribution in [1.29, 1.82) is 0 Å². The van der Waals surface area contributed by atoms with E-state index in [0.717, 1.165) is 25.8 Å². The monoisotopic (exact) mass is 241 g/mol. The Morgan fingerprint density at radius 3 is 2.53 bits per heavy atom. The maximum Gasteiger partial charge on any atom is 0.139 e. The highest BCUT2D eigenvalue weighted by molar-refractivity contribution is 5.80. The van der Waals surface area contributed by atoms with E-state index in [-0.39, 0.29) is 16.9 Å². The molecule has 0 amide bonds. The van der Waals surface area contributed by atoms with Gasteiger partial charge in [-0.15, -0.1) is 0 Å². The van der Waals surface area contributed by atoms with Crippen LogP contribution in [0, 0.1) is 10.8 Å². The molecule has 5 N–H and O–H groups in total. The highest BCUT2D eigenvalue weighted by atomic mass is 16.4. The van der Waals surface area contributed by atoms with Crippen LogP contribution >= 0.6 is 0 Å². The van der Waals surface area contributed by atoms with E-state index in [2.05, 4.69) is 24.3 Å². The second kappa shape index (κ2) is 4.14. The second-order valence-corrected chi connectivity index (χ2v) is 6.27. The van der Waals surface area contributed by atoms with Crippen LogP contribution in [-0.2, 0) is 0 Å². The molecule has 2 unspecified atom stereocenters. The van der Waals surface area contributed by atoms with E-state index in [9.17, 15) is 5.11 Å². The Labute approximate surface area is 102 Å². The Morgan fingerprint density at radius 1 is 1.47 bits per heavy atom. The van der Waals surface area contributed by atoms with Crippen molar-refractivity contribution in [1.82, 2.24) is 5.32 Å². The normalized spacial score (nSPS) is 34.2. The largest absolute Gasteiger partial charge is 0.409 e. The molecular formula is C12H23N3O2. The van der Waals surface area contributed by atoms with E-state index in [1.807, 2.05) is 0 Å². The lowest BCUT2D eigenvalue weighted by Crippen LogP contribution is -2.60. The average Bonchev–Trinajstić information content (AvgIpc) is 3.04. The summed E-state index contributed by atoms with van der Waals surface area (Å²) in [6.45, 7) is 5.06. The molecule has 2 rings (SSSR count). The Kier molecular flexibility index (Phi) is 3.08. The molecule has 0 aromatic rings. The van der Waals surface area contributed by atoms with Gasteiger partial charge >= 0.3 is 0 Å². The number of hydrogen-bond donors (Lipinski definition) is 4. The molecule has 0 saturated heterocycles. The van der Waals surface area contributed by atoms with E-state index in [1.54, 1.807) is 0 Å². The molecule has 2 fully saturated rings. The number of hydrogen-bond acceptors (Lipinski definition) is 4. The lowest BCUT2D eigenvalue weighted by atomic mass is 9.64. The standard InChI is InChI=1S/C12H23N3O2/c1-11(2)8(5-9(11)16)14-7-12(3-4-12)6-10(13)15-17/h8-9,14,16-17H,3-7H2,1-2H3,(H2,13,15). The summed E-state index contributed by atoms with van der Waals surface area (Å²) >= 11 is 0. The first-order chi connectivity index (χ1) is 7.89. The predicted molar refractivity (Wildman–Crippen MR) is 65.9 cm³/mol. The van der Waals surface area contributed by atoms with Crippen molar-refractivity contribution in [2.24, 2.45) is 21.7 Å². The Hall–Kier alpha value is -0.810. The fourth-order valence-corrected chi connectivity index (χ4v) is 2.60. The summed E-state index contributed by atoms with van der Waals surface area (Å²) in [5.41, 5.74) is 5.71. The van der Waals surface area contributed by atoms with Crippen LogP contribution < -0.4 is 11.1 Å². The third-order valence-electron chi connectivity index (χ3n) is 4.58. The van der Waals surface area contributed by atoms with Gasteiger partial charge in [-0.1, -0.05) is 19.0 Å². The van der Waals surface area contributed by atoms with Crippen molar-refractivity contribution in [2.45, 2.75) is 51.7 Å². The number of amidine groups is 1. The Balaban J connectivity index is 1.80. The topological polar surface area (TPSA) is 90.9 Å². The van der Waals surface area contributed by atoms with Gasteiger partial charge in [-0.2, -0.15) is 0 Å². The van der Waals surface area contributed by atoms with E-state index in [4.69, 9.17) is 10.9 Å². The summed E-state index contributed by atoms with van der Waals surface area (Å²) in [5.74, 6) is 0.317. The van der Waals surface area contributed by atoms with Crippen LogP contribution in [0.25, 0.3) is 0 Å². The molecule has 5 nitrogen and oxygen atoms in total. The van der Waals surface area contributed by atoms with Gasteiger partial charge in [-0.25, -0.2) is 0 Å². The highest BCUT2D eigenvalue weighted by Gasteiger charge is 2.49. The van der Waals surface area contributed by atoms with Crippen LogP contribution in [0.15, 0.2) is 5.16 Å². The molecule has 0 spiro atoms. The molecule has 0 radical (unpaired) electrons. The van der Waals surface area contributed by atoms with Crippen molar-refractivity contribution >= 4 is 5.84 Å². The summed E-state index contributed by atoms with van der Waals surface area (Å²) in [7, 11) is 0. The molecule has 2 aliphatic carbocycles. The minimum Gasteiger partial charge on any atom is -0.409 e. The molecule has 17 heavy (non-hydrogen) atoms. The summed E-state index contributed by atoms with van der Waals surface area (Å²) in [4.78, 5) is 0. The summed E-state index contributed by atoms with van der Waals surface area (Å²) in [6.07, 6.45) is 3.55. The van der Waals surface area contributed by atoms with Crippen LogP contribution in [0.4, 0.5) is 0 Å². The van der Waals surface area contributed by atoms with Crippen molar-refractivity contribution < 1.29 is 10.3 Å². The molecular weight excluding hydrogens is 218 g/mol. The first-order valence-electron chi connectivity index (χ1n) is 6.27. The fraction of sp³-hybridized carbons (Fsp3) is 0.917. The molecule has 2 saturated carbocycles. The molecule has 2 atom stereocenters. The molecule has 0 aliphatic heterocycles. The minimum absolute atomic E-state index is 0.0350. The average molecular weight is 241 g/mol. The third kappa shape index (κ3) is 2.40. The van der Waals surface area contributed by atoms with E-state index in [1.165, 1.54) is 0 Å². The highest BCUT2D eigenvalue weighted by Crippen LogP contribution is 2.49. The summed E-state index contributed by atoms with van der Waals surface area (Å²) in [5, 5.41) is 24.8. The zero-order chi connectivity index (χ0) is 12.7. The molecule has 0 aromatic carbocycles. The Morgan fingerprint density at radius 2 is 2.12 bits per heavy atom. The first kappa shape index (κ1) is 12.6. The van der Waals surface area contributed by atoms with Gasteiger partial charge in [-0.05, 0) is 24.7 Å². The molecule has 2 aliphatic rings. The van der Waals surface area contributed by atoms with Crippen LogP contribution in [0.1, 0.15) is 39.5 Å². The summed E-state index contributed by atoms with van der Waals surface area (Å²) in [6, 6.07) is 0.377. The van der Waals surface area contributed by atoms with Gasteiger partial charge in [0.2, 0.25) is 0 Å². The maximum atomic E-state index is 9.66. The zero-order valence-electron chi connectivity index (χ0n) is 10.6. The van der Waals surface area contributed by atoms with Gasteiger partial charge < -0.3 is 21.4 Å². The molecule has 5 heteroatoms. The first-order valence-corrected chi connectivity index (χ1v) is 6.27. The van der Waals surface area contributed by atoms with Gasteiger partial charge in [0, 0.05) is 24.4 Å². The summed E-state index contributed by atoms with van der Waals surface area (Å²) < 4.78 is 0. The predicted octanol–water partition coefficient (Wildman–Crippen LogP) is 0.652. The van der Waals surface area contributed by atoms with Crippen molar-refractivity contribution in [2.75, 3.05) is 6.54 Å². The van der Waals surface area contributed by atoms with E-state index < -0.39 is 0 Å². The maximum absolute atomic E-state index is 9.66. The van der Waals surface area contributed by atoms with Crippen molar-refractivity contribution in [3.63, 3.8) is 0 Å². The molecule has 0 bridgehead atoms. The van der Waals surface area contributed by atoms with Crippen molar-refractivity contribution in [3.05, 3.63) is 0 Å². The number of aliphatic hydroxyl groups is 1. The van der Waals surface area contributed by atoms with Gasteiger partial charge in [0.05, 0.1) is 6.10 Å². The van der Waals surface area contributed by atoms with Gasteiger partial charge in [0.25, 0.3) is 0 Å². The SMILES string of the molecule is CC1(C)C(O)CC1NCC1(CC(N)=NO)CC1. The van der Waals surface area contributed by atoms with Crippen LogP contribution in [0.2, 0.25) is 0 Å². The van der Waals surface area contributed by atoms with Crippen LogP contribution in [0.3, 0.4) is 0 Å². The smallest absolute Gasteiger partial charge is 0.139 e.